The number of phenols is 1. The van der Waals surface area contributed by atoms with E-state index in [2.05, 4.69) is 5.32 Å². The fourth-order valence-corrected chi connectivity index (χ4v) is 1.95. The van der Waals surface area contributed by atoms with Crippen molar-refractivity contribution in [2.24, 2.45) is 0 Å². The van der Waals surface area contributed by atoms with E-state index in [9.17, 15) is 14.3 Å². The minimum atomic E-state index is -0.983. The zero-order valence-electron chi connectivity index (χ0n) is 11.5. The highest BCUT2D eigenvalue weighted by Crippen LogP contribution is 2.28. The third-order valence-corrected chi connectivity index (χ3v) is 2.94. The Morgan fingerprint density at radius 2 is 1.90 bits per heavy atom. The second-order valence-electron chi connectivity index (χ2n) is 4.37. The maximum absolute atomic E-state index is 13.7. The molecule has 0 amide bonds. The number of aromatic hydroxyl groups is 1. The van der Waals surface area contributed by atoms with E-state index in [4.69, 9.17) is 4.74 Å². The van der Waals surface area contributed by atoms with Gasteiger partial charge in [0, 0.05) is 5.56 Å². The van der Waals surface area contributed by atoms with Crippen LogP contribution in [0, 0.1) is 5.82 Å². The van der Waals surface area contributed by atoms with Crippen LogP contribution in [-0.2, 0) is 9.53 Å². The van der Waals surface area contributed by atoms with Crippen molar-refractivity contribution in [3.05, 3.63) is 59.9 Å². The van der Waals surface area contributed by atoms with E-state index in [-0.39, 0.29) is 18.0 Å². The van der Waals surface area contributed by atoms with Crippen molar-refractivity contribution in [3.8, 4) is 5.75 Å². The summed E-state index contributed by atoms with van der Waals surface area (Å²) in [5.41, 5.74) is 0.498. The lowest BCUT2D eigenvalue weighted by Gasteiger charge is -2.20. The van der Waals surface area contributed by atoms with Gasteiger partial charge < -0.3 is 15.2 Å². The van der Waals surface area contributed by atoms with E-state index < -0.39 is 17.8 Å². The lowest BCUT2D eigenvalue weighted by molar-refractivity contribution is -0.144. The number of anilines is 1. The van der Waals surface area contributed by atoms with Crippen molar-refractivity contribution < 1.29 is 19.0 Å². The number of esters is 1. The van der Waals surface area contributed by atoms with Gasteiger partial charge >= 0.3 is 5.97 Å². The zero-order chi connectivity index (χ0) is 15.2. The molecular formula is C16H16FNO3. The van der Waals surface area contributed by atoms with E-state index in [1.807, 2.05) is 0 Å². The van der Waals surface area contributed by atoms with Gasteiger partial charge in [0.1, 0.15) is 11.6 Å². The molecule has 0 aliphatic rings. The fourth-order valence-electron chi connectivity index (χ4n) is 1.95. The minimum Gasteiger partial charge on any atom is -0.508 e. The van der Waals surface area contributed by atoms with Crippen LogP contribution in [0.15, 0.2) is 48.5 Å². The summed E-state index contributed by atoms with van der Waals surface area (Å²) >= 11 is 0. The molecule has 0 heterocycles. The van der Waals surface area contributed by atoms with Gasteiger partial charge in [-0.1, -0.05) is 30.3 Å². The number of para-hydroxylation sites is 2. The van der Waals surface area contributed by atoms with Gasteiger partial charge in [-0.15, -0.1) is 0 Å². The second-order valence-corrected chi connectivity index (χ2v) is 4.37. The van der Waals surface area contributed by atoms with Crippen LogP contribution < -0.4 is 5.32 Å². The molecule has 0 saturated heterocycles. The molecule has 4 nitrogen and oxygen atoms in total. The number of carbonyl (C=O) groups is 1. The first kappa shape index (κ1) is 14.8. The monoisotopic (exact) mass is 289 g/mol. The Labute approximate surface area is 122 Å². The molecule has 0 fully saturated rings. The second kappa shape index (κ2) is 6.74. The van der Waals surface area contributed by atoms with Gasteiger partial charge in [-0.05, 0) is 25.1 Å². The van der Waals surface area contributed by atoms with E-state index in [0.29, 0.717) is 5.56 Å². The van der Waals surface area contributed by atoms with Crippen LogP contribution in [0.5, 0.6) is 5.75 Å². The van der Waals surface area contributed by atoms with Crippen molar-refractivity contribution in [2.45, 2.75) is 13.0 Å². The maximum atomic E-state index is 13.7. The van der Waals surface area contributed by atoms with Crippen molar-refractivity contribution in [2.75, 3.05) is 11.9 Å². The maximum Gasteiger partial charge on any atom is 0.333 e. The Morgan fingerprint density at radius 1 is 1.24 bits per heavy atom. The first-order chi connectivity index (χ1) is 10.1. The first-order valence-corrected chi connectivity index (χ1v) is 6.59. The number of phenolic OH excluding ortho intramolecular Hbond substituents is 1. The van der Waals surface area contributed by atoms with E-state index in [0.717, 1.165) is 0 Å². The number of carbonyl (C=O) groups excluding carboxylic acids is 1. The van der Waals surface area contributed by atoms with E-state index >= 15 is 0 Å². The molecule has 1 unspecified atom stereocenters. The predicted octanol–water partition coefficient (Wildman–Crippen LogP) is 3.25. The molecule has 1 atom stereocenters. The lowest BCUT2D eigenvalue weighted by atomic mass is 10.1. The third-order valence-electron chi connectivity index (χ3n) is 2.94. The zero-order valence-corrected chi connectivity index (χ0v) is 11.5. The van der Waals surface area contributed by atoms with Crippen molar-refractivity contribution in [1.82, 2.24) is 0 Å². The van der Waals surface area contributed by atoms with Gasteiger partial charge in [-0.2, -0.15) is 0 Å². The van der Waals surface area contributed by atoms with E-state index in [1.165, 1.54) is 18.2 Å². The molecule has 21 heavy (non-hydrogen) atoms. The molecular weight excluding hydrogens is 273 g/mol. The summed E-state index contributed by atoms with van der Waals surface area (Å²) in [7, 11) is 0. The van der Waals surface area contributed by atoms with Crippen molar-refractivity contribution in [3.63, 3.8) is 0 Å². The number of hydrogen-bond donors (Lipinski definition) is 2. The molecule has 0 aromatic heterocycles. The van der Waals surface area contributed by atoms with Crippen LogP contribution in [0.4, 0.5) is 10.1 Å². The largest absolute Gasteiger partial charge is 0.508 e. The van der Waals surface area contributed by atoms with Crippen LogP contribution >= 0.6 is 0 Å². The molecule has 0 aliphatic carbocycles. The van der Waals surface area contributed by atoms with Gasteiger partial charge in [0.2, 0.25) is 0 Å². The number of halogens is 1. The fraction of sp³-hybridized carbons (Fsp3) is 0.188. The molecule has 0 aliphatic heterocycles. The Morgan fingerprint density at radius 3 is 2.57 bits per heavy atom. The molecule has 2 rings (SSSR count). The third kappa shape index (κ3) is 3.51. The standard InChI is InChI=1S/C16H16FNO3/c1-2-21-16(20)15(11-7-3-6-10-14(11)19)18-13-9-5-4-8-12(13)17/h3-10,15,18-19H,2H2,1H3. The molecule has 5 heteroatoms. The smallest absolute Gasteiger partial charge is 0.333 e. The molecule has 2 aromatic carbocycles. The first-order valence-electron chi connectivity index (χ1n) is 6.59. The number of ether oxygens (including phenoxy) is 1. The van der Waals surface area contributed by atoms with Crippen LogP contribution in [0.2, 0.25) is 0 Å². The summed E-state index contributed by atoms with van der Waals surface area (Å²) in [6.07, 6.45) is 0. The Bertz CT molecular complexity index is 630. The normalized spacial score (nSPS) is 11.7. The highest BCUT2D eigenvalue weighted by molar-refractivity contribution is 5.82. The average Bonchev–Trinajstić information content (AvgIpc) is 2.48. The number of hydrogen-bond acceptors (Lipinski definition) is 4. The number of rotatable bonds is 5. The Balaban J connectivity index is 2.36. The Kier molecular flexibility index (Phi) is 4.77. The van der Waals surface area contributed by atoms with Gasteiger partial charge in [0.05, 0.1) is 12.3 Å². The van der Waals surface area contributed by atoms with Gasteiger partial charge in [0.15, 0.2) is 6.04 Å². The molecule has 0 radical (unpaired) electrons. The topological polar surface area (TPSA) is 58.6 Å². The number of nitrogens with one attached hydrogen (secondary N) is 1. The molecule has 2 aromatic rings. The average molecular weight is 289 g/mol. The lowest BCUT2D eigenvalue weighted by Crippen LogP contribution is -2.24. The predicted molar refractivity (Wildman–Crippen MR) is 77.5 cm³/mol. The molecule has 0 saturated carbocycles. The van der Waals surface area contributed by atoms with Gasteiger partial charge in [0.25, 0.3) is 0 Å². The summed E-state index contributed by atoms with van der Waals surface area (Å²) in [4.78, 5) is 12.1. The molecule has 110 valence electrons. The van der Waals surface area contributed by atoms with Gasteiger partial charge in [-0.3, -0.25) is 0 Å². The van der Waals surface area contributed by atoms with Crippen LogP contribution in [-0.4, -0.2) is 17.7 Å². The molecule has 2 N–H and O–H groups in total. The van der Waals surface area contributed by atoms with Crippen LogP contribution in [0.1, 0.15) is 18.5 Å². The van der Waals surface area contributed by atoms with E-state index in [1.54, 1.807) is 37.3 Å². The molecule has 0 bridgehead atoms. The summed E-state index contributed by atoms with van der Waals surface area (Å²) in [6, 6.07) is 11.4. The summed E-state index contributed by atoms with van der Waals surface area (Å²) in [6.45, 7) is 1.88. The molecule has 0 spiro atoms. The quantitative estimate of drug-likeness (QED) is 0.830. The minimum absolute atomic E-state index is 0.0561. The van der Waals surface area contributed by atoms with Gasteiger partial charge in [-0.25, -0.2) is 9.18 Å². The summed E-state index contributed by atoms with van der Waals surface area (Å²) in [5.74, 6) is -1.12. The SMILES string of the molecule is CCOC(=O)C(Nc1ccccc1F)c1ccccc1O. The Hall–Kier alpha value is -2.56. The van der Waals surface area contributed by atoms with Crippen molar-refractivity contribution >= 4 is 11.7 Å². The van der Waals surface area contributed by atoms with Crippen molar-refractivity contribution in [1.29, 1.82) is 0 Å². The summed E-state index contributed by atoms with van der Waals surface area (Å²) < 4.78 is 18.7. The highest BCUT2D eigenvalue weighted by atomic mass is 19.1. The van der Waals surface area contributed by atoms with Crippen LogP contribution in [0.25, 0.3) is 0 Å². The van der Waals surface area contributed by atoms with Crippen LogP contribution in [0.3, 0.4) is 0 Å². The summed E-state index contributed by atoms with van der Waals surface area (Å²) in [5, 5.41) is 12.7. The highest BCUT2D eigenvalue weighted by Gasteiger charge is 2.25. The number of benzene rings is 2.